The molecule has 0 unspecified atom stereocenters. The largest absolute Gasteiger partial charge is 0.434 e. The van der Waals surface area contributed by atoms with Crippen LogP contribution in [0.4, 0.5) is 14.7 Å². The van der Waals surface area contributed by atoms with Crippen molar-refractivity contribution in [1.82, 2.24) is 14.8 Å². The van der Waals surface area contributed by atoms with Crippen LogP contribution in [-0.2, 0) is 0 Å². The molecule has 9 heteroatoms. The molecule has 0 saturated carbocycles. The Bertz CT molecular complexity index is 1000. The summed E-state index contributed by atoms with van der Waals surface area (Å²) >= 11 is 11.9. The number of alkyl halides is 2. The molecule has 0 radical (unpaired) electrons. The summed E-state index contributed by atoms with van der Waals surface area (Å²) in [5.41, 5.74) is 1.91. The van der Waals surface area contributed by atoms with Crippen LogP contribution in [0, 0.1) is 0 Å². The molecule has 3 aromatic rings. The number of rotatable bonds is 4. The van der Waals surface area contributed by atoms with E-state index in [1.807, 2.05) is 18.2 Å². The van der Waals surface area contributed by atoms with E-state index >= 15 is 0 Å². The fraction of sp³-hybridized carbons (Fsp3) is 0.111. The van der Waals surface area contributed by atoms with Gasteiger partial charge < -0.3 is 10.1 Å². The van der Waals surface area contributed by atoms with Crippen LogP contribution in [-0.4, -0.2) is 21.4 Å². The van der Waals surface area contributed by atoms with E-state index in [2.05, 4.69) is 20.1 Å². The summed E-state index contributed by atoms with van der Waals surface area (Å²) in [4.78, 5) is 4.19. The van der Waals surface area contributed by atoms with Crippen LogP contribution in [0.15, 0.2) is 54.9 Å². The van der Waals surface area contributed by atoms with E-state index in [9.17, 15) is 8.78 Å². The molecule has 0 amide bonds. The number of allylic oxidation sites excluding steroid dienone is 1. The third-order valence-electron chi connectivity index (χ3n) is 4.07. The molecule has 1 atom stereocenters. The van der Waals surface area contributed by atoms with Crippen molar-refractivity contribution < 1.29 is 13.5 Å². The van der Waals surface area contributed by atoms with Crippen LogP contribution >= 0.6 is 23.2 Å². The summed E-state index contributed by atoms with van der Waals surface area (Å²) in [6.45, 7) is -2.97. The minimum atomic E-state index is -2.97. The summed E-state index contributed by atoms with van der Waals surface area (Å²) < 4.78 is 32.0. The first kappa shape index (κ1) is 17.8. The molecule has 5 nitrogen and oxygen atoms in total. The van der Waals surface area contributed by atoms with Crippen molar-refractivity contribution >= 4 is 34.8 Å². The van der Waals surface area contributed by atoms with Gasteiger partial charge in [0.05, 0.1) is 5.70 Å². The topological polar surface area (TPSA) is 52.0 Å². The molecule has 2 heterocycles. The van der Waals surface area contributed by atoms with Gasteiger partial charge in [0.2, 0.25) is 5.95 Å². The summed E-state index contributed by atoms with van der Waals surface area (Å²) in [7, 11) is 0. The van der Waals surface area contributed by atoms with Gasteiger partial charge in [-0.25, -0.2) is 4.68 Å². The molecule has 138 valence electrons. The second-order valence-electron chi connectivity index (χ2n) is 5.75. The zero-order chi connectivity index (χ0) is 19.0. The average molecular weight is 409 g/mol. The molecule has 1 aromatic heterocycles. The number of hydrogen-bond acceptors (Lipinski definition) is 4. The highest BCUT2D eigenvalue weighted by molar-refractivity contribution is 6.31. The van der Waals surface area contributed by atoms with Gasteiger partial charge in [-0.2, -0.15) is 18.9 Å². The quantitative estimate of drug-likeness (QED) is 0.640. The highest BCUT2D eigenvalue weighted by Gasteiger charge is 2.25. The first-order chi connectivity index (χ1) is 13.0. The first-order valence-corrected chi connectivity index (χ1v) is 8.65. The van der Waals surface area contributed by atoms with Crippen molar-refractivity contribution in [1.29, 1.82) is 0 Å². The normalized spacial score (nSPS) is 15.9. The number of nitrogens with zero attached hydrogens (tertiary/aromatic N) is 3. The fourth-order valence-electron chi connectivity index (χ4n) is 2.90. The van der Waals surface area contributed by atoms with Gasteiger partial charge in [0.1, 0.15) is 18.1 Å². The van der Waals surface area contributed by atoms with Gasteiger partial charge in [-0.1, -0.05) is 35.3 Å². The van der Waals surface area contributed by atoms with Crippen LogP contribution in [0.25, 0.3) is 5.70 Å². The number of ether oxygens (including phenoxy) is 1. The molecule has 1 N–H and O–H groups in total. The van der Waals surface area contributed by atoms with Crippen molar-refractivity contribution in [2.24, 2.45) is 0 Å². The standard InChI is InChI=1S/C18H12Cl2F2N4O/c19-11-3-1-10(2-4-11)15-8-14(25-18-23-9-24-26(15)18)13-6-5-12(20)7-16(13)27-17(21)22/h1-9,15,17H,(H,23,24,25)/t15-/m0/s1. The van der Waals surface area contributed by atoms with Gasteiger partial charge in [-0.3, -0.25) is 0 Å². The third kappa shape index (κ3) is 3.61. The summed E-state index contributed by atoms with van der Waals surface area (Å²) in [5, 5.41) is 8.24. The lowest BCUT2D eigenvalue weighted by Crippen LogP contribution is -2.20. The Morgan fingerprint density at radius 2 is 1.81 bits per heavy atom. The van der Waals surface area contributed by atoms with Gasteiger partial charge >= 0.3 is 6.61 Å². The van der Waals surface area contributed by atoms with Crippen molar-refractivity contribution in [2.75, 3.05) is 5.32 Å². The molecule has 1 aliphatic rings. The molecule has 0 bridgehead atoms. The molecule has 2 aromatic carbocycles. The smallest absolute Gasteiger partial charge is 0.387 e. The van der Waals surface area contributed by atoms with E-state index in [1.54, 1.807) is 28.9 Å². The van der Waals surface area contributed by atoms with Crippen molar-refractivity contribution in [3.05, 3.63) is 76.0 Å². The van der Waals surface area contributed by atoms with Gasteiger partial charge in [0, 0.05) is 15.6 Å². The van der Waals surface area contributed by atoms with E-state index in [4.69, 9.17) is 23.2 Å². The molecule has 27 heavy (non-hydrogen) atoms. The molecule has 4 rings (SSSR count). The Labute approximate surface area is 163 Å². The molecular weight excluding hydrogens is 397 g/mol. The van der Waals surface area contributed by atoms with Crippen LogP contribution in [0.2, 0.25) is 10.0 Å². The SMILES string of the molecule is FC(F)Oc1cc(Cl)ccc1C1=C[C@@H](c2ccc(Cl)cc2)n2ncnc2N1. The maximum atomic E-state index is 12.8. The maximum Gasteiger partial charge on any atom is 0.387 e. The summed E-state index contributed by atoms with van der Waals surface area (Å²) in [5.74, 6) is 0.449. The predicted octanol–water partition coefficient (Wildman–Crippen LogP) is 5.24. The van der Waals surface area contributed by atoms with E-state index in [0.717, 1.165) is 5.56 Å². The molecule has 0 saturated heterocycles. The number of nitrogens with one attached hydrogen (secondary N) is 1. The van der Waals surface area contributed by atoms with E-state index in [-0.39, 0.29) is 11.8 Å². The monoisotopic (exact) mass is 408 g/mol. The molecule has 0 fully saturated rings. The van der Waals surface area contributed by atoms with Gasteiger partial charge in [0.15, 0.2) is 0 Å². The number of hydrogen-bond donors (Lipinski definition) is 1. The molecular formula is C18H12Cl2F2N4O. The summed E-state index contributed by atoms with van der Waals surface area (Å²) in [6.07, 6.45) is 3.27. The zero-order valence-electron chi connectivity index (χ0n) is 13.6. The second-order valence-corrected chi connectivity index (χ2v) is 6.62. The Kier molecular flexibility index (Phi) is 4.72. The number of benzene rings is 2. The van der Waals surface area contributed by atoms with Crippen LogP contribution in [0.1, 0.15) is 17.2 Å². The van der Waals surface area contributed by atoms with Crippen LogP contribution in [0.3, 0.4) is 0 Å². The van der Waals surface area contributed by atoms with E-state index in [1.165, 1.54) is 12.4 Å². The van der Waals surface area contributed by atoms with Crippen molar-refractivity contribution in [3.8, 4) is 5.75 Å². The van der Waals surface area contributed by atoms with Crippen LogP contribution < -0.4 is 10.1 Å². The Morgan fingerprint density at radius 1 is 1.07 bits per heavy atom. The number of aromatic nitrogens is 3. The third-order valence-corrected chi connectivity index (χ3v) is 4.56. The Balaban J connectivity index is 1.81. The fourth-order valence-corrected chi connectivity index (χ4v) is 3.19. The van der Waals surface area contributed by atoms with Crippen molar-refractivity contribution in [3.63, 3.8) is 0 Å². The Hall–Kier alpha value is -2.64. The zero-order valence-corrected chi connectivity index (χ0v) is 15.1. The van der Waals surface area contributed by atoms with E-state index < -0.39 is 6.61 Å². The lowest BCUT2D eigenvalue weighted by Gasteiger charge is -2.25. The molecule has 1 aliphatic heterocycles. The minimum Gasteiger partial charge on any atom is -0.434 e. The maximum absolute atomic E-state index is 12.8. The lowest BCUT2D eigenvalue weighted by molar-refractivity contribution is -0.0500. The highest BCUT2D eigenvalue weighted by atomic mass is 35.5. The van der Waals surface area contributed by atoms with Gasteiger partial charge in [-0.15, -0.1) is 0 Å². The van der Waals surface area contributed by atoms with Crippen LogP contribution in [0.5, 0.6) is 5.75 Å². The number of halogens is 4. The molecule has 0 spiro atoms. The minimum absolute atomic E-state index is 0.0286. The van der Waals surface area contributed by atoms with Crippen molar-refractivity contribution in [2.45, 2.75) is 12.7 Å². The number of anilines is 1. The number of fused-ring (bicyclic) bond motifs is 1. The summed E-state index contributed by atoms with van der Waals surface area (Å²) in [6, 6.07) is 11.6. The first-order valence-electron chi connectivity index (χ1n) is 7.90. The average Bonchev–Trinajstić information content (AvgIpc) is 3.10. The molecule has 0 aliphatic carbocycles. The van der Waals surface area contributed by atoms with Gasteiger partial charge in [0.25, 0.3) is 0 Å². The lowest BCUT2D eigenvalue weighted by atomic mass is 10.0. The van der Waals surface area contributed by atoms with Gasteiger partial charge in [-0.05, 0) is 42.0 Å². The van der Waals surface area contributed by atoms with E-state index in [0.29, 0.717) is 27.3 Å². The Morgan fingerprint density at radius 3 is 2.56 bits per heavy atom. The second kappa shape index (κ2) is 7.17. The predicted molar refractivity (Wildman–Crippen MR) is 99.3 cm³/mol. The highest BCUT2D eigenvalue weighted by Crippen LogP contribution is 2.37.